The lowest BCUT2D eigenvalue weighted by molar-refractivity contribution is -0.122. The molecule has 0 spiro atoms. The van der Waals surface area contributed by atoms with Crippen LogP contribution in [0.1, 0.15) is 31.7 Å². The number of rotatable bonds is 6. The van der Waals surface area contributed by atoms with Crippen LogP contribution in [0.4, 0.5) is 4.79 Å². The Bertz CT molecular complexity index is 932. The standard InChI is InChI=1S/C21H27N3O5/c1-3-29-21(27)24-10-8-16(9-11-24)22-19(25)7-4-14-12-15-13-17(28-2)5-6-18(15)23-20(14)26/h5-6,12-13,16H,3-4,7-11H2,1-2H3,(H,22,25)(H,23,26). The van der Waals surface area contributed by atoms with E-state index in [0.717, 1.165) is 10.9 Å². The maximum absolute atomic E-state index is 12.3. The van der Waals surface area contributed by atoms with Crippen molar-refractivity contribution in [2.24, 2.45) is 0 Å². The Morgan fingerprint density at radius 1 is 1.24 bits per heavy atom. The van der Waals surface area contributed by atoms with Crippen molar-refractivity contribution < 1.29 is 19.1 Å². The number of amides is 2. The molecule has 2 N–H and O–H groups in total. The van der Waals surface area contributed by atoms with Gasteiger partial charge in [-0.05, 0) is 50.5 Å². The van der Waals surface area contributed by atoms with E-state index >= 15 is 0 Å². The third kappa shape index (κ3) is 5.28. The molecule has 0 radical (unpaired) electrons. The Morgan fingerprint density at radius 3 is 2.69 bits per heavy atom. The fourth-order valence-corrected chi connectivity index (χ4v) is 3.51. The van der Waals surface area contributed by atoms with Crippen LogP contribution in [0.3, 0.4) is 0 Å². The van der Waals surface area contributed by atoms with Gasteiger partial charge < -0.3 is 24.7 Å². The van der Waals surface area contributed by atoms with Gasteiger partial charge in [0, 0.05) is 42.0 Å². The molecule has 0 saturated carbocycles. The molecule has 0 bridgehead atoms. The minimum Gasteiger partial charge on any atom is -0.497 e. The minimum atomic E-state index is -0.301. The third-order valence-electron chi connectivity index (χ3n) is 5.14. The van der Waals surface area contributed by atoms with Gasteiger partial charge in [-0.1, -0.05) is 0 Å². The first-order valence-electron chi connectivity index (χ1n) is 9.91. The second-order valence-electron chi connectivity index (χ2n) is 7.10. The fraction of sp³-hybridized carbons (Fsp3) is 0.476. The smallest absolute Gasteiger partial charge is 0.409 e. The van der Waals surface area contributed by atoms with Gasteiger partial charge in [0.15, 0.2) is 0 Å². The molecule has 1 aromatic carbocycles. The number of pyridine rings is 1. The van der Waals surface area contributed by atoms with Crippen LogP contribution in [0.15, 0.2) is 29.1 Å². The molecule has 0 unspecified atom stereocenters. The Labute approximate surface area is 169 Å². The summed E-state index contributed by atoms with van der Waals surface area (Å²) in [5, 5.41) is 3.87. The second-order valence-corrected chi connectivity index (χ2v) is 7.10. The summed E-state index contributed by atoms with van der Waals surface area (Å²) in [7, 11) is 1.59. The first-order valence-corrected chi connectivity index (χ1v) is 9.91. The summed E-state index contributed by atoms with van der Waals surface area (Å²) in [6, 6.07) is 7.29. The quantitative estimate of drug-likeness (QED) is 0.773. The second kappa shape index (κ2) is 9.45. The Morgan fingerprint density at radius 2 is 2.00 bits per heavy atom. The van der Waals surface area contributed by atoms with E-state index in [1.165, 1.54) is 0 Å². The molecule has 3 rings (SSSR count). The lowest BCUT2D eigenvalue weighted by Crippen LogP contribution is -2.46. The number of methoxy groups -OCH3 is 1. The summed E-state index contributed by atoms with van der Waals surface area (Å²) >= 11 is 0. The van der Waals surface area contributed by atoms with Crippen molar-refractivity contribution in [3.63, 3.8) is 0 Å². The molecule has 8 nitrogen and oxygen atoms in total. The fourth-order valence-electron chi connectivity index (χ4n) is 3.51. The highest BCUT2D eigenvalue weighted by molar-refractivity contribution is 5.81. The Balaban J connectivity index is 1.52. The Hall–Kier alpha value is -3.03. The average Bonchev–Trinajstić information content (AvgIpc) is 2.72. The highest BCUT2D eigenvalue weighted by Gasteiger charge is 2.24. The van der Waals surface area contributed by atoms with Crippen LogP contribution in [0.5, 0.6) is 5.75 Å². The summed E-state index contributed by atoms with van der Waals surface area (Å²) in [5.41, 5.74) is 1.12. The number of H-pyrrole nitrogens is 1. The van der Waals surface area contributed by atoms with Crippen LogP contribution in [0.25, 0.3) is 10.9 Å². The van der Waals surface area contributed by atoms with E-state index in [-0.39, 0.29) is 30.0 Å². The van der Waals surface area contributed by atoms with Gasteiger partial charge in [-0.2, -0.15) is 0 Å². The molecule has 1 aromatic heterocycles. The summed E-state index contributed by atoms with van der Waals surface area (Å²) in [6.45, 7) is 3.27. The first-order chi connectivity index (χ1) is 14.0. The van der Waals surface area contributed by atoms with Crippen LogP contribution in [0.2, 0.25) is 0 Å². The summed E-state index contributed by atoms with van der Waals surface area (Å²) in [6.07, 6.45) is 1.68. The number of benzene rings is 1. The normalized spacial score (nSPS) is 14.6. The SMILES string of the molecule is CCOC(=O)N1CCC(NC(=O)CCc2cc3cc(OC)ccc3[nH]c2=O)CC1. The largest absolute Gasteiger partial charge is 0.497 e. The maximum atomic E-state index is 12.3. The summed E-state index contributed by atoms with van der Waals surface area (Å²) < 4.78 is 10.2. The van der Waals surface area contributed by atoms with Gasteiger partial charge in [0.1, 0.15) is 5.75 Å². The van der Waals surface area contributed by atoms with E-state index in [0.29, 0.717) is 50.3 Å². The van der Waals surface area contributed by atoms with Crippen molar-refractivity contribution in [1.29, 1.82) is 0 Å². The number of likely N-dealkylation sites (tertiary alicyclic amines) is 1. The molecule has 0 atom stereocenters. The number of carbonyl (C=O) groups excluding carboxylic acids is 2. The van der Waals surface area contributed by atoms with Gasteiger partial charge in [-0.25, -0.2) is 4.79 Å². The molecule has 1 aliphatic heterocycles. The van der Waals surface area contributed by atoms with Crippen LogP contribution in [0, 0.1) is 0 Å². The molecule has 1 fully saturated rings. The van der Waals surface area contributed by atoms with Crippen molar-refractivity contribution in [1.82, 2.24) is 15.2 Å². The predicted octanol–water partition coefficient (Wildman–Crippen LogP) is 2.21. The van der Waals surface area contributed by atoms with Gasteiger partial charge in [0.05, 0.1) is 13.7 Å². The number of aryl methyl sites for hydroxylation is 1. The van der Waals surface area contributed by atoms with Gasteiger partial charge in [-0.3, -0.25) is 9.59 Å². The van der Waals surface area contributed by atoms with Gasteiger partial charge >= 0.3 is 6.09 Å². The van der Waals surface area contributed by atoms with Crippen molar-refractivity contribution in [3.8, 4) is 5.75 Å². The summed E-state index contributed by atoms with van der Waals surface area (Å²) in [5.74, 6) is 0.618. The number of hydrogen-bond donors (Lipinski definition) is 2. The van der Waals surface area contributed by atoms with Crippen molar-refractivity contribution in [2.75, 3.05) is 26.8 Å². The van der Waals surface area contributed by atoms with E-state index in [1.54, 1.807) is 31.1 Å². The van der Waals surface area contributed by atoms with Crippen LogP contribution in [-0.4, -0.2) is 54.7 Å². The predicted molar refractivity (Wildman–Crippen MR) is 109 cm³/mol. The van der Waals surface area contributed by atoms with E-state index in [2.05, 4.69) is 10.3 Å². The van der Waals surface area contributed by atoms with Crippen molar-refractivity contribution in [3.05, 3.63) is 40.2 Å². The molecule has 1 saturated heterocycles. The molecule has 2 aromatic rings. The van der Waals surface area contributed by atoms with Crippen molar-refractivity contribution in [2.45, 2.75) is 38.6 Å². The average molecular weight is 401 g/mol. The zero-order valence-electron chi connectivity index (χ0n) is 16.8. The number of piperidine rings is 1. The number of aromatic nitrogens is 1. The van der Waals surface area contributed by atoms with E-state index in [9.17, 15) is 14.4 Å². The van der Waals surface area contributed by atoms with Gasteiger partial charge in [-0.15, -0.1) is 0 Å². The molecule has 1 aliphatic rings. The number of nitrogens with one attached hydrogen (secondary N) is 2. The van der Waals surface area contributed by atoms with Crippen LogP contribution >= 0.6 is 0 Å². The summed E-state index contributed by atoms with van der Waals surface area (Å²) in [4.78, 5) is 40.8. The highest BCUT2D eigenvalue weighted by atomic mass is 16.6. The number of fused-ring (bicyclic) bond motifs is 1. The zero-order chi connectivity index (χ0) is 20.8. The first kappa shape index (κ1) is 20.7. The number of nitrogens with zero attached hydrogens (tertiary/aromatic N) is 1. The monoisotopic (exact) mass is 401 g/mol. The maximum Gasteiger partial charge on any atom is 0.409 e. The Kier molecular flexibility index (Phi) is 6.74. The molecule has 156 valence electrons. The van der Waals surface area contributed by atoms with Crippen LogP contribution < -0.4 is 15.6 Å². The zero-order valence-corrected chi connectivity index (χ0v) is 16.8. The number of hydrogen-bond acceptors (Lipinski definition) is 5. The topological polar surface area (TPSA) is 101 Å². The van der Waals surface area contributed by atoms with E-state index in [4.69, 9.17) is 9.47 Å². The van der Waals surface area contributed by atoms with Crippen molar-refractivity contribution >= 4 is 22.9 Å². The minimum absolute atomic E-state index is 0.0346. The van der Waals surface area contributed by atoms with Gasteiger partial charge in [0.2, 0.25) is 5.91 Å². The molecular weight excluding hydrogens is 374 g/mol. The van der Waals surface area contributed by atoms with Gasteiger partial charge in [0.25, 0.3) is 5.56 Å². The van der Waals surface area contributed by atoms with E-state index < -0.39 is 0 Å². The molecule has 8 heteroatoms. The van der Waals surface area contributed by atoms with Crippen LogP contribution in [-0.2, 0) is 16.0 Å². The number of aromatic amines is 1. The third-order valence-corrected chi connectivity index (χ3v) is 5.14. The lowest BCUT2D eigenvalue weighted by Gasteiger charge is -2.31. The number of carbonyl (C=O) groups is 2. The molecular formula is C21H27N3O5. The van der Waals surface area contributed by atoms with E-state index in [1.807, 2.05) is 12.1 Å². The molecule has 0 aliphatic carbocycles. The lowest BCUT2D eigenvalue weighted by atomic mass is 10.0. The molecule has 2 amide bonds. The molecule has 2 heterocycles. The highest BCUT2D eigenvalue weighted by Crippen LogP contribution is 2.19. The molecule has 29 heavy (non-hydrogen) atoms. The number of ether oxygens (including phenoxy) is 2.